The first-order valence-corrected chi connectivity index (χ1v) is 2.92. The second-order valence-corrected chi connectivity index (χ2v) is 0.758. The molecule has 0 aromatic carbocycles. The molecule has 5 heteroatoms. The van der Waals surface area contributed by atoms with E-state index in [-0.39, 0.29) is 0 Å². The number of hydrogen-bond acceptors (Lipinski definition) is 2. The van der Waals surface area contributed by atoms with E-state index in [0.717, 1.165) is 0 Å². The molecule has 0 aromatic rings. The van der Waals surface area contributed by atoms with Crippen molar-refractivity contribution in [3.05, 3.63) is 0 Å². The summed E-state index contributed by atoms with van der Waals surface area (Å²) in [5.41, 5.74) is 0. The van der Waals surface area contributed by atoms with E-state index in [1.54, 1.807) is 0 Å². The molecule has 0 saturated carbocycles. The van der Waals surface area contributed by atoms with Gasteiger partial charge in [-0.15, -0.1) is 0 Å². The second-order valence-electron chi connectivity index (χ2n) is 0.556. The van der Waals surface area contributed by atoms with Gasteiger partial charge in [0.05, 0.1) is 0 Å². The quantitative estimate of drug-likeness (QED) is 0.552. The normalized spacial score (nSPS) is 6.00. The average molecular weight is 212 g/mol. The number of rotatable bonds is 0. The average Bonchev–Trinajstić information content (AvgIpc) is 1.73. The molecule has 0 bridgehead atoms. The second kappa shape index (κ2) is 9.89. The third-order valence-electron chi connectivity index (χ3n) is 0.0909. The van der Waals surface area contributed by atoms with Gasteiger partial charge in [0.2, 0.25) is 0 Å². The van der Waals surface area contributed by atoms with Crippen molar-refractivity contribution in [2.24, 2.45) is 0 Å². The molecule has 0 heterocycles. The van der Waals surface area contributed by atoms with Crippen LogP contribution in [-0.4, -0.2) is 5.97 Å². The summed E-state index contributed by atoms with van der Waals surface area (Å²) in [6.07, 6.45) is 0. The monoisotopic (exact) mass is 210 g/mol. The first-order chi connectivity index (χ1) is 3.27. The van der Waals surface area contributed by atoms with Gasteiger partial charge in [-0.25, -0.2) is 0 Å². The predicted octanol–water partition coefficient (Wildman–Crippen LogP) is 0.698. The molecule has 0 radical (unpaired) electrons. The summed E-state index contributed by atoms with van der Waals surface area (Å²) in [5.74, 6) is -0.412. The van der Waals surface area contributed by atoms with Crippen LogP contribution in [-0.2, 0) is 39.0 Å². The van der Waals surface area contributed by atoms with Crippen LogP contribution in [0.25, 0.3) is 0 Å². The fraction of sp³-hybridized carbons (Fsp3) is 0.500. The summed E-state index contributed by atoms with van der Waals surface area (Å²) in [6.45, 7) is 1.27. The molecule has 0 N–H and O–H groups in total. The molecular formula is C2H3ClNi2O2. The summed E-state index contributed by atoms with van der Waals surface area (Å²) in [7, 11) is 4.26. The van der Waals surface area contributed by atoms with E-state index in [9.17, 15) is 4.79 Å². The van der Waals surface area contributed by atoms with Gasteiger partial charge in [0, 0.05) is 0 Å². The van der Waals surface area contributed by atoms with Gasteiger partial charge in [-0.3, -0.25) is 0 Å². The standard InChI is InChI=1S/C2H4O2.ClH.2Ni/c1-2(3)4;;;/h1H3,(H,3,4);1H;;/q;;2*+1/p-2. The van der Waals surface area contributed by atoms with Gasteiger partial charge < -0.3 is 0 Å². The molecule has 0 aliphatic rings. The Balaban J connectivity index is 0. The molecule has 50 valence electrons. The summed E-state index contributed by atoms with van der Waals surface area (Å²) < 4.78 is 3.74. The van der Waals surface area contributed by atoms with E-state index in [1.807, 2.05) is 0 Å². The fourth-order valence-electron chi connectivity index (χ4n) is 0. The molecule has 2 nitrogen and oxygen atoms in total. The Morgan fingerprint density at radius 2 is 1.86 bits per heavy atom. The van der Waals surface area contributed by atoms with Crippen molar-refractivity contribution < 1.29 is 39.0 Å². The van der Waals surface area contributed by atoms with Gasteiger partial charge in [-0.05, 0) is 0 Å². The number of carbonyl (C=O) groups is 1. The molecule has 0 unspecified atom stereocenters. The van der Waals surface area contributed by atoms with Crippen LogP contribution in [0.15, 0.2) is 0 Å². The Bertz CT molecular complexity index is 49.0. The molecule has 0 aliphatic heterocycles. The Kier molecular flexibility index (Phi) is 15.1. The van der Waals surface area contributed by atoms with E-state index < -0.39 is 5.97 Å². The Labute approximate surface area is 62.2 Å². The van der Waals surface area contributed by atoms with Crippen LogP contribution in [0.5, 0.6) is 0 Å². The Morgan fingerprint density at radius 3 is 1.86 bits per heavy atom. The molecule has 0 saturated heterocycles. The van der Waals surface area contributed by atoms with Crippen LogP contribution in [0.1, 0.15) is 6.92 Å². The molecular weight excluding hydrogens is 209 g/mol. The zero-order valence-electron chi connectivity index (χ0n) is 3.33. The SMILES string of the molecule is CC(=O)[O][Ni].[Cl][Ni]. The van der Waals surface area contributed by atoms with Crippen LogP contribution < -0.4 is 0 Å². The van der Waals surface area contributed by atoms with Gasteiger partial charge in [-0.1, -0.05) is 0 Å². The minimum atomic E-state index is -0.412. The van der Waals surface area contributed by atoms with Gasteiger partial charge in [-0.2, -0.15) is 0 Å². The third kappa shape index (κ3) is 20.1. The third-order valence-corrected chi connectivity index (χ3v) is 0.375. The van der Waals surface area contributed by atoms with Crippen molar-refractivity contribution >= 4 is 16.2 Å². The van der Waals surface area contributed by atoms with Crippen molar-refractivity contribution in [3.8, 4) is 0 Å². The summed E-state index contributed by atoms with van der Waals surface area (Å²) in [6, 6.07) is 0. The van der Waals surface area contributed by atoms with E-state index in [1.165, 1.54) is 6.92 Å². The van der Waals surface area contributed by atoms with Crippen LogP contribution in [0.2, 0.25) is 0 Å². The van der Waals surface area contributed by atoms with Crippen LogP contribution in [0.4, 0.5) is 0 Å². The molecule has 7 heavy (non-hydrogen) atoms. The van der Waals surface area contributed by atoms with E-state index in [4.69, 9.17) is 0 Å². The summed E-state index contributed by atoms with van der Waals surface area (Å²) >= 11 is 6.93. The number of carbonyl (C=O) groups excluding carboxylic acids is 1. The first kappa shape index (κ1) is 10.7. The zero-order valence-corrected chi connectivity index (χ0v) is 6.06. The fourth-order valence-corrected chi connectivity index (χ4v) is 0. The molecule has 0 aliphatic carbocycles. The molecule has 0 rings (SSSR count). The van der Waals surface area contributed by atoms with Crippen molar-refractivity contribution in [2.75, 3.05) is 0 Å². The van der Waals surface area contributed by atoms with Gasteiger partial charge in [0.15, 0.2) is 0 Å². The van der Waals surface area contributed by atoms with Crippen LogP contribution in [0.3, 0.4) is 0 Å². The number of hydrogen-bond donors (Lipinski definition) is 0. The van der Waals surface area contributed by atoms with E-state index >= 15 is 0 Å². The van der Waals surface area contributed by atoms with Gasteiger partial charge in [0.25, 0.3) is 0 Å². The summed E-state index contributed by atoms with van der Waals surface area (Å²) in [5, 5.41) is 0. The topological polar surface area (TPSA) is 26.3 Å². The molecule has 0 aromatic heterocycles. The zero-order chi connectivity index (χ0) is 6.28. The first-order valence-electron chi connectivity index (χ1n) is 1.16. The van der Waals surface area contributed by atoms with E-state index in [0.29, 0.717) is 0 Å². The Hall–Kier alpha value is 0.747. The van der Waals surface area contributed by atoms with Gasteiger partial charge in [0.1, 0.15) is 0 Å². The van der Waals surface area contributed by atoms with Crippen molar-refractivity contribution in [1.82, 2.24) is 0 Å². The maximum absolute atomic E-state index is 9.50. The van der Waals surface area contributed by atoms with Crippen molar-refractivity contribution in [1.29, 1.82) is 0 Å². The predicted molar refractivity (Wildman–Crippen MR) is 17.6 cm³/mol. The molecule has 0 atom stereocenters. The maximum atomic E-state index is 9.50. The van der Waals surface area contributed by atoms with Gasteiger partial charge >= 0.3 is 62.1 Å². The number of halogens is 1. The molecule has 0 amide bonds. The minimum absolute atomic E-state index is 0.412. The Morgan fingerprint density at radius 1 is 1.71 bits per heavy atom. The summed E-state index contributed by atoms with van der Waals surface area (Å²) in [4.78, 5) is 9.50. The molecule has 0 fully saturated rings. The van der Waals surface area contributed by atoms with Crippen molar-refractivity contribution in [2.45, 2.75) is 6.92 Å². The van der Waals surface area contributed by atoms with Crippen molar-refractivity contribution in [3.63, 3.8) is 0 Å². The van der Waals surface area contributed by atoms with E-state index in [2.05, 4.69) is 44.4 Å². The van der Waals surface area contributed by atoms with Crippen LogP contribution >= 0.6 is 10.2 Å². The van der Waals surface area contributed by atoms with Crippen LogP contribution in [0, 0.1) is 0 Å². The molecule has 0 spiro atoms.